The van der Waals surface area contributed by atoms with Gasteiger partial charge in [-0.15, -0.1) is 12.4 Å². The van der Waals surface area contributed by atoms with Gasteiger partial charge in [-0.25, -0.2) is 14.5 Å². The standard InChI is InChI=1S/C24H24N6O.ClH/c1-28-13-19(17-6-2-4-8-20(17)28)23-26-27-24(31)30(23)22-14-29(16-11-10-15(25)12-16)21-9-5-3-7-18(21)22;/h2-9,13-16H,10-12,25H2,1H3,(H,27,31);1H/t15-,16-;/m0./s1. The van der Waals surface area contributed by atoms with Gasteiger partial charge < -0.3 is 14.9 Å². The third kappa shape index (κ3) is 3.00. The summed E-state index contributed by atoms with van der Waals surface area (Å²) >= 11 is 0. The lowest BCUT2D eigenvalue weighted by Gasteiger charge is -2.13. The Bertz CT molecular complexity index is 1490. The number of halogens is 1. The van der Waals surface area contributed by atoms with Crippen molar-refractivity contribution >= 4 is 34.2 Å². The van der Waals surface area contributed by atoms with Gasteiger partial charge in [-0.05, 0) is 31.4 Å². The van der Waals surface area contributed by atoms with E-state index in [4.69, 9.17) is 5.73 Å². The van der Waals surface area contributed by atoms with E-state index in [1.807, 2.05) is 37.5 Å². The predicted octanol–water partition coefficient (Wildman–Crippen LogP) is 4.15. The average Bonchev–Trinajstić information content (AvgIpc) is 3.54. The molecular formula is C24H25ClN6O. The summed E-state index contributed by atoms with van der Waals surface area (Å²) in [6, 6.07) is 17.0. The van der Waals surface area contributed by atoms with Gasteiger partial charge in [0, 0.05) is 53.4 Å². The zero-order chi connectivity index (χ0) is 21.1. The Morgan fingerprint density at radius 3 is 2.47 bits per heavy atom. The van der Waals surface area contributed by atoms with Crippen LogP contribution in [0.1, 0.15) is 25.3 Å². The number of nitrogens with one attached hydrogen (secondary N) is 1. The summed E-state index contributed by atoms with van der Waals surface area (Å²) in [7, 11) is 2.01. The fourth-order valence-corrected chi connectivity index (χ4v) is 5.13. The number of H-pyrrole nitrogens is 1. The van der Waals surface area contributed by atoms with Gasteiger partial charge in [0.1, 0.15) is 0 Å². The van der Waals surface area contributed by atoms with Gasteiger partial charge >= 0.3 is 5.69 Å². The Morgan fingerprint density at radius 2 is 1.72 bits per heavy atom. The lowest BCUT2D eigenvalue weighted by Crippen LogP contribution is -2.16. The Hall–Kier alpha value is -3.29. The molecule has 0 aliphatic heterocycles. The maximum atomic E-state index is 13.0. The van der Waals surface area contributed by atoms with Gasteiger partial charge in [0.25, 0.3) is 0 Å². The number of nitrogens with two attached hydrogens (primary N) is 1. The summed E-state index contributed by atoms with van der Waals surface area (Å²) in [6.45, 7) is 0. The lowest BCUT2D eigenvalue weighted by molar-refractivity contribution is 0.525. The molecule has 3 N–H and O–H groups in total. The van der Waals surface area contributed by atoms with Crippen molar-refractivity contribution in [2.45, 2.75) is 31.3 Å². The van der Waals surface area contributed by atoms with Crippen LogP contribution in [0.4, 0.5) is 0 Å². The molecule has 0 amide bonds. The Labute approximate surface area is 190 Å². The quantitative estimate of drug-likeness (QED) is 0.434. The van der Waals surface area contributed by atoms with Crippen LogP contribution in [0.25, 0.3) is 38.9 Å². The average molecular weight is 449 g/mol. The van der Waals surface area contributed by atoms with Crippen LogP contribution >= 0.6 is 12.4 Å². The molecule has 0 bridgehead atoms. The zero-order valence-corrected chi connectivity index (χ0v) is 18.5. The minimum Gasteiger partial charge on any atom is -0.350 e. The second kappa shape index (κ2) is 7.69. The third-order valence-corrected chi connectivity index (χ3v) is 6.61. The molecule has 6 rings (SSSR count). The van der Waals surface area contributed by atoms with Gasteiger partial charge in [0.05, 0.1) is 11.2 Å². The monoisotopic (exact) mass is 448 g/mol. The largest absolute Gasteiger partial charge is 0.350 e. The number of nitrogens with zero attached hydrogens (tertiary/aromatic N) is 4. The Morgan fingerprint density at radius 1 is 1.00 bits per heavy atom. The highest BCUT2D eigenvalue weighted by atomic mass is 35.5. The molecule has 0 radical (unpaired) electrons. The zero-order valence-electron chi connectivity index (χ0n) is 17.7. The number of hydrogen-bond donors (Lipinski definition) is 2. The van der Waals surface area contributed by atoms with Crippen molar-refractivity contribution in [3.05, 3.63) is 71.4 Å². The first-order valence-corrected chi connectivity index (χ1v) is 10.7. The highest BCUT2D eigenvalue weighted by Crippen LogP contribution is 2.36. The topological polar surface area (TPSA) is 86.6 Å². The summed E-state index contributed by atoms with van der Waals surface area (Å²) in [5, 5.41) is 9.21. The van der Waals surface area contributed by atoms with Crippen molar-refractivity contribution in [3.63, 3.8) is 0 Å². The van der Waals surface area contributed by atoms with Gasteiger partial charge in [-0.1, -0.05) is 36.4 Å². The van der Waals surface area contributed by atoms with Crippen LogP contribution in [-0.2, 0) is 7.05 Å². The van der Waals surface area contributed by atoms with E-state index < -0.39 is 0 Å². The van der Waals surface area contributed by atoms with Crippen molar-refractivity contribution in [1.29, 1.82) is 0 Å². The Kier molecular flexibility index (Phi) is 4.95. The minimum atomic E-state index is -0.242. The van der Waals surface area contributed by atoms with E-state index in [0.29, 0.717) is 11.9 Å². The SMILES string of the molecule is Cl.Cn1cc(-c2n[nH]c(=O)n2-c2cn([C@H]3CC[C@H](N)C3)c3ccccc23)c2ccccc21. The fourth-order valence-electron chi connectivity index (χ4n) is 5.13. The van der Waals surface area contributed by atoms with Crippen molar-refractivity contribution in [2.75, 3.05) is 0 Å². The van der Waals surface area contributed by atoms with Crippen molar-refractivity contribution < 1.29 is 0 Å². The minimum absolute atomic E-state index is 0. The predicted molar refractivity (Wildman–Crippen MR) is 130 cm³/mol. The lowest BCUT2D eigenvalue weighted by atomic mass is 10.1. The number of benzene rings is 2. The van der Waals surface area contributed by atoms with Crippen LogP contribution in [0.3, 0.4) is 0 Å². The number of aromatic nitrogens is 5. The third-order valence-electron chi connectivity index (χ3n) is 6.61. The van der Waals surface area contributed by atoms with Crippen LogP contribution in [0.5, 0.6) is 0 Å². The highest BCUT2D eigenvalue weighted by molar-refractivity contribution is 5.96. The van der Waals surface area contributed by atoms with Crippen LogP contribution in [0.15, 0.2) is 65.7 Å². The molecule has 5 aromatic rings. The molecule has 2 atom stereocenters. The fraction of sp³-hybridized carbons (Fsp3) is 0.250. The number of hydrogen-bond acceptors (Lipinski definition) is 3. The van der Waals surface area contributed by atoms with Crippen LogP contribution in [0, 0.1) is 0 Å². The molecule has 164 valence electrons. The normalized spacial score (nSPS) is 18.4. The maximum Gasteiger partial charge on any atom is 0.348 e. The van der Waals surface area contributed by atoms with E-state index in [9.17, 15) is 4.79 Å². The van der Waals surface area contributed by atoms with Crippen molar-refractivity contribution in [1.82, 2.24) is 23.9 Å². The molecule has 1 saturated carbocycles. The summed E-state index contributed by atoms with van der Waals surface area (Å²) < 4.78 is 6.07. The molecule has 0 spiro atoms. The van der Waals surface area contributed by atoms with Crippen molar-refractivity contribution in [3.8, 4) is 17.1 Å². The number of para-hydroxylation sites is 2. The second-order valence-corrected chi connectivity index (χ2v) is 8.52. The van der Waals surface area contributed by atoms with Crippen LogP contribution < -0.4 is 11.4 Å². The number of fused-ring (bicyclic) bond motifs is 2. The van der Waals surface area contributed by atoms with Crippen LogP contribution in [-0.4, -0.2) is 29.9 Å². The van der Waals surface area contributed by atoms with Crippen LogP contribution in [0.2, 0.25) is 0 Å². The second-order valence-electron chi connectivity index (χ2n) is 8.52. The smallest absolute Gasteiger partial charge is 0.348 e. The molecule has 2 aromatic carbocycles. The van der Waals surface area contributed by atoms with Gasteiger partial charge in [-0.2, -0.15) is 5.10 Å². The maximum absolute atomic E-state index is 13.0. The molecule has 0 saturated heterocycles. The van der Waals surface area contributed by atoms with E-state index >= 15 is 0 Å². The van der Waals surface area contributed by atoms with Crippen molar-refractivity contribution in [2.24, 2.45) is 12.8 Å². The molecule has 1 fully saturated rings. The first kappa shape index (κ1) is 20.6. The first-order chi connectivity index (χ1) is 15.1. The van der Waals surface area contributed by atoms with Gasteiger partial charge in [-0.3, -0.25) is 0 Å². The van der Waals surface area contributed by atoms with E-state index in [0.717, 1.165) is 52.3 Å². The molecule has 1 aliphatic carbocycles. The first-order valence-electron chi connectivity index (χ1n) is 10.7. The summed E-state index contributed by atoms with van der Waals surface area (Å²) in [4.78, 5) is 13.0. The van der Waals surface area contributed by atoms with E-state index in [2.05, 4.69) is 49.8 Å². The molecule has 0 unspecified atom stereocenters. The van der Waals surface area contributed by atoms with E-state index in [-0.39, 0.29) is 24.1 Å². The van der Waals surface area contributed by atoms with Gasteiger partial charge in [0.2, 0.25) is 0 Å². The molecule has 7 nitrogen and oxygen atoms in total. The molecular weight excluding hydrogens is 424 g/mol. The molecule has 32 heavy (non-hydrogen) atoms. The Balaban J connectivity index is 0.00000216. The molecule has 3 heterocycles. The van der Waals surface area contributed by atoms with Gasteiger partial charge in [0.15, 0.2) is 5.82 Å². The van der Waals surface area contributed by atoms with E-state index in [1.165, 1.54) is 0 Å². The summed E-state index contributed by atoms with van der Waals surface area (Å²) in [6.07, 6.45) is 7.16. The highest BCUT2D eigenvalue weighted by Gasteiger charge is 2.26. The number of rotatable bonds is 3. The molecule has 8 heteroatoms. The summed E-state index contributed by atoms with van der Waals surface area (Å²) in [5.74, 6) is 0.618. The summed E-state index contributed by atoms with van der Waals surface area (Å²) in [5.41, 5.74) is 9.95. The number of aromatic amines is 1. The molecule has 3 aromatic heterocycles. The molecule has 1 aliphatic rings. The van der Waals surface area contributed by atoms with E-state index in [1.54, 1.807) is 4.57 Å². The number of aryl methyl sites for hydroxylation is 1.